The van der Waals surface area contributed by atoms with Crippen molar-refractivity contribution < 1.29 is 28.7 Å². The molecule has 2 atom stereocenters. The zero-order valence-electron chi connectivity index (χ0n) is 16.0. The number of amides is 2. The van der Waals surface area contributed by atoms with Crippen molar-refractivity contribution in [1.29, 1.82) is 0 Å². The first-order chi connectivity index (χ1) is 12.1. The topological polar surface area (TPSA) is 111 Å². The van der Waals surface area contributed by atoms with Gasteiger partial charge in [-0.3, -0.25) is 9.59 Å². The van der Waals surface area contributed by atoms with Crippen LogP contribution in [0.4, 0.5) is 0 Å². The third-order valence-corrected chi connectivity index (χ3v) is 5.63. The molecular formula is C16H28N2O6S2. The van der Waals surface area contributed by atoms with Gasteiger partial charge < -0.3 is 20.1 Å². The maximum Gasteiger partial charge on any atom is 0.329 e. The van der Waals surface area contributed by atoms with E-state index in [4.69, 9.17) is 9.47 Å². The number of nitrogens with one attached hydrogen (secondary N) is 2. The Morgan fingerprint density at radius 3 is 1.27 bits per heavy atom. The summed E-state index contributed by atoms with van der Waals surface area (Å²) in [6.45, 7) is 6.90. The van der Waals surface area contributed by atoms with Crippen molar-refractivity contribution in [3.63, 3.8) is 0 Å². The molecule has 26 heavy (non-hydrogen) atoms. The molecule has 0 aromatic rings. The summed E-state index contributed by atoms with van der Waals surface area (Å²) in [5.41, 5.74) is 0. The third kappa shape index (κ3) is 9.33. The summed E-state index contributed by atoms with van der Waals surface area (Å²) < 4.78 is 9.40. The zero-order chi connectivity index (χ0) is 20.3. The Kier molecular flexibility index (Phi) is 12.2. The van der Waals surface area contributed by atoms with E-state index in [1.165, 1.54) is 35.8 Å². The van der Waals surface area contributed by atoms with Crippen molar-refractivity contribution in [2.45, 2.75) is 39.8 Å². The lowest BCUT2D eigenvalue weighted by molar-refractivity contribution is -0.145. The highest BCUT2D eigenvalue weighted by molar-refractivity contribution is 8.76. The van der Waals surface area contributed by atoms with Crippen LogP contribution in [0.3, 0.4) is 0 Å². The molecule has 0 saturated carbocycles. The molecule has 0 unspecified atom stereocenters. The Hall–Kier alpha value is -1.42. The van der Waals surface area contributed by atoms with Crippen LogP contribution in [0.5, 0.6) is 0 Å². The molecule has 8 nitrogen and oxygen atoms in total. The number of ether oxygens (including phenoxy) is 2. The summed E-state index contributed by atoms with van der Waals surface area (Å²) in [5.74, 6) is -1.55. The zero-order valence-corrected chi connectivity index (χ0v) is 17.6. The summed E-state index contributed by atoms with van der Waals surface area (Å²) >= 11 is 0. The van der Waals surface area contributed by atoms with Gasteiger partial charge >= 0.3 is 11.9 Å². The van der Waals surface area contributed by atoms with Gasteiger partial charge in [-0.15, -0.1) is 0 Å². The highest BCUT2D eigenvalue weighted by atomic mass is 33.1. The summed E-state index contributed by atoms with van der Waals surface area (Å²) in [5, 5.41) is 5.25. The Labute approximate surface area is 162 Å². The second-order valence-electron chi connectivity index (χ2n) is 6.05. The number of rotatable bonds is 11. The molecule has 0 aliphatic rings. The van der Waals surface area contributed by atoms with Gasteiger partial charge in [0.15, 0.2) is 0 Å². The molecule has 150 valence electrons. The molecule has 0 radical (unpaired) electrons. The average Bonchev–Trinajstić information content (AvgIpc) is 2.60. The smallest absolute Gasteiger partial charge is 0.329 e. The van der Waals surface area contributed by atoms with Crippen molar-refractivity contribution in [2.24, 2.45) is 11.8 Å². The average molecular weight is 409 g/mol. The van der Waals surface area contributed by atoms with Crippen LogP contribution < -0.4 is 10.6 Å². The van der Waals surface area contributed by atoms with Gasteiger partial charge in [-0.2, -0.15) is 0 Å². The van der Waals surface area contributed by atoms with Gasteiger partial charge in [0.1, 0.15) is 12.1 Å². The minimum absolute atomic E-state index is 0.248. The Balaban J connectivity index is 4.60. The van der Waals surface area contributed by atoms with E-state index in [1.807, 2.05) is 0 Å². The number of methoxy groups -OCH3 is 2. The molecule has 0 aliphatic heterocycles. The fraction of sp³-hybridized carbons (Fsp3) is 0.750. The van der Waals surface area contributed by atoms with Crippen LogP contribution in [0.2, 0.25) is 0 Å². The van der Waals surface area contributed by atoms with Crippen molar-refractivity contribution in [1.82, 2.24) is 10.6 Å². The van der Waals surface area contributed by atoms with Gasteiger partial charge in [-0.1, -0.05) is 49.3 Å². The molecule has 2 amide bonds. The second kappa shape index (κ2) is 12.9. The van der Waals surface area contributed by atoms with Gasteiger partial charge in [-0.25, -0.2) is 9.59 Å². The molecule has 0 spiro atoms. The first-order valence-corrected chi connectivity index (χ1v) is 10.6. The monoisotopic (exact) mass is 408 g/mol. The lowest BCUT2D eigenvalue weighted by Crippen LogP contribution is -2.45. The van der Waals surface area contributed by atoms with Gasteiger partial charge in [0.05, 0.1) is 14.2 Å². The van der Waals surface area contributed by atoms with E-state index in [1.54, 1.807) is 27.7 Å². The SMILES string of the molecule is COC(=O)[C@H](CSSC[C@H](NC(=O)C(C)C)C(=O)OC)NC(=O)C(C)C. The van der Waals surface area contributed by atoms with Crippen molar-refractivity contribution in [3.05, 3.63) is 0 Å². The second-order valence-corrected chi connectivity index (χ2v) is 8.60. The number of carbonyl (C=O) groups is 4. The highest BCUT2D eigenvalue weighted by Crippen LogP contribution is 2.23. The number of hydrogen-bond acceptors (Lipinski definition) is 8. The molecule has 0 fully saturated rings. The molecule has 10 heteroatoms. The summed E-state index contributed by atoms with van der Waals surface area (Å²) in [7, 11) is 5.09. The van der Waals surface area contributed by atoms with Gasteiger partial charge in [0, 0.05) is 23.3 Å². The quantitative estimate of drug-likeness (QED) is 0.296. The van der Waals surface area contributed by atoms with E-state index in [9.17, 15) is 19.2 Å². The highest BCUT2D eigenvalue weighted by Gasteiger charge is 2.25. The van der Waals surface area contributed by atoms with E-state index in [-0.39, 0.29) is 35.2 Å². The molecule has 2 N–H and O–H groups in total. The van der Waals surface area contributed by atoms with Crippen LogP contribution >= 0.6 is 21.6 Å². The van der Waals surface area contributed by atoms with Crippen LogP contribution in [-0.4, -0.2) is 61.6 Å². The van der Waals surface area contributed by atoms with Crippen LogP contribution in [0.1, 0.15) is 27.7 Å². The molecule has 0 rings (SSSR count). The molecule has 0 aromatic heterocycles. The minimum Gasteiger partial charge on any atom is -0.467 e. The van der Waals surface area contributed by atoms with Gasteiger partial charge in [-0.05, 0) is 0 Å². The van der Waals surface area contributed by atoms with Crippen LogP contribution in [0.15, 0.2) is 0 Å². The first kappa shape index (κ1) is 24.6. The lowest BCUT2D eigenvalue weighted by atomic mass is 10.2. The van der Waals surface area contributed by atoms with Crippen molar-refractivity contribution >= 4 is 45.3 Å². The predicted octanol–water partition coefficient (Wildman–Crippen LogP) is 0.995. The fourth-order valence-corrected chi connectivity index (χ4v) is 3.83. The maximum absolute atomic E-state index is 11.8. The largest absolute Gasteiger partial charge is 0.467 e. The normalized spacial score (nSPS) is 13.1. The van der Waals surface area contributed by atoms with Gasteiger partial charge in [0.2, 0.25) is 11.8 Å². The Bertz CT molecular complexity index is 455. The van der Waals surface area contributed by atoms with E-state index in [0.29, 0.717) is 0 Å². The molecule has 0 bridgehead atoms. The first-order valence-electron chi connectivity index (χ1n) is 8.14. The summed E-state index contributed by atoms with van der Waals surface area (Å²) in [6.07, 6.45) is 0. The lowest BCUT2D eigenvalue weighted by Gasteiger charge is -2.19. The van der Waals surface area contributed by atoms with Crippen LogP contribution in [0.25, 0.3) is 0 Å². The van der Waals surface area contributed by atoms with Crippen LogP contribution in [-0.2, 0) is 28.7 Å². The van der Waals surface area contributed by atoms with Crippen molar-refractivity contribution in [3.8, 4) is 0 Å². The van der Waals surface area contributed by atoms with Crippen LogP contribution in [0, 0.1) is 11.8 Å². The number of esters is 2. The molecule has 0 heterocycles. The predicted molar refractivity (Wildman–Crippen MR) is 102 cm³/mol. The minimum atomic E-state index is -0.783. The molecule has 0 aromatic carbocycles. The molecule has 0 saturated heterocycles. The molecule has 0 aliphatic carbocycles. The maximum atomic E-state index is 11.8. The van der Waals surface area contributed by atoms with E-state index >= 15 is 0 Å². The number of carbonyl (C=O) groups excluding carboxylic acids is 4. The van der Waals surface area contributed by atoms with Crippen molar-refractivity contribution in [2.75, 3.05) is 25.7 Å². The Morgan fingerprint density at radius 1 is 0.731 bits per heavy atom. The summed E-state index contributed by atoms with van der Waals surface area (Å²) in [6, 6.07) is -1.57. The van der Waals surface area contributed by atoms with E-state index in [2.05, 4.69) is 10.6 Å². The third-order valence-electron chi connectivity index (χ3n) is 3.21. The summed E-state index contributed by atoms with van der Waals surface area (Å²) in [4.78, 5) is 47.1. The Morgan fingerprint density at radius 2 is 1.04 bits per heavy atom. The van der Waals surface area contributed by atoms with Gasteiger partial charge in [0.25, 0.3) is 0 Å². The fourth-order valence-electron chi connectivity index (χ4n) is 1.53. The van der Waals surface area contributed by atoms with E-state index < -0.39 is 24.0 Å². The number of hydrogen-bond donors (Lipinski definition) is 2. The molecular weight excluding hydrogens is 380 g/mol. The standard InChI is InChI=1S/C16H28N2O6S2/c1-9(2)13(19)17-11(15(21)23-5)7-25-26-8-12(16(22)24-6)18-14(20)10(3)4/h9-12H,7-8H2,1-6H3,(H,17,19)(H,18,20)/t11-,12-/m0/s1. The van der Waals surface area contributed by atoms with E-state index in [0.717, 1.165) is 0 Å².